The van der Waals surface area contributed by atoms with E-state index >= 15 is 0 Å². The van der Waals surface area contributed by atoms with Crippen molar-refractivity contribution in [3.8, 4) is 0 Å². The van der Waals surface area contributed by atoms with Gasteiger partial charge in [0.1, 0.15) is 0 Å². The molecule has 1 aromatic heterocycles. The average Bonchev–Trinajstić information content (AvgIpc) is 2.61. The van der Waals surface area contributed by atoms with Crippen LogP contribution in [0.3, 0.4) is 0 Å². The standard InChI is InChI=1S/C11H9Cl2NO2/c1-2-16-11(15)7-5-14-9-4-6(12)3-8(13)10(7)9/h3-5,14H,2H2,1H3. The number of rotatable bonds is 2. The molecule has 0 unspecified atom stereocenters. The van der Waals surface area contributed by atoms with Gasteiger partial charge in [-0.15, -0.1) is 0 Å². The van der Waals surface area contributed by atoms with Crippen molar-refractivity contribution in [2.24, 2.45) is 0 Å². The number of ether oxygens (including phenoxy) is 1. The lowest BCUT2D eigenvalue weighted by Crippen LogP contribution is -2.03. The second-order valence-corrected chi connectivity index (χ2v) is 4.08. The van der Waals surface area contributed by atoms with Gasteiger partial charge in [0.2, 0.25) is 0 Å². The van der Waals surface area contributed by atoms with Crippen molar-refractivity contribution in [1.82, 2.24) is 4.98 Å². The molecule has 2 aromatic rings. The van der Waals surface area contributed by atoms with Crippen LogP contribution in [0.25, 0.3) is 10.9 Å². The number of hydrogen-bond donors (Lipinski definition) is 1. The number of H-pyrrole nitrogens is 1. The van der Waals surface area contributed by atoms with E-state index in [1.165, 1.54) is 0 Å². The molecule has 16 heavy (non-hydrogen) atoms. The molecule has 0 amide bonds. The highest BCUT2D eigenvalue weighted by atomic mass is 35.5. The van der Waals surface area contributed by atoms with Crippen LogP contribution in [0.2, 0.25) is 10.0 Å². The van der Waals surface area contributed by atoms with E-state index in [1.54, 1.807) is 25.3 Å². The van der Waals surface area contributed by atoms with Crippen LogP contribution in [-0.2, 0) is 4.74 Å². The van der Waals surface area contributed by atoms with Crippen LogP contribution in [0.15, 0.2) is 18.3 Å². The average molecular weight is 258 g/mol. The van der Waals surface area contributed by atoms with Gasteiger partial charge < -0.3 is 9.72 Å². The summed E-state index contributed by atoms with van der Waals surface area (Å²) in [6.07, 6.45) is 1.57. The molecule has 5 heteroatoms. The Morgan fingerprint density at radius 3 is 2.88 bits per heavy atom. The fraction of sp³-hybridized carbons (Fsp3) is 0.182. The fourth-order valence-electron chi connectivity index (χ4n) is 1.55. The molecule has 0 spiro atoms. The number of hydrogen-bond acceptors (Lipinski definition) is 2. The zero-order valence-corrected chi connectivity index (χ0v) is 10.0. The number of esters is 1. The van der Waals surface area contributed by atoms with E-state index < -0.39 is 5.97 Å². The Kier molecular flexibility index (Phi) is 3.08. The van der Waals surface area contributed by atoms with Gasteiger partial charge in [0.05, 0.1) is 17.2 Å². The lowest BCUT2D eigenvalue weighted by atomic mass is 10.2. The lowest BCUT2D eigenvalue weighted by molar-refractivity contribution is 0.0529. The van der Waals surface area contributed by atoms with Gasteiger partial charge in [-0.05, 0) is 19.1 Å². The van der Waals surface area contributed by atoms with Crippen LogP contribution in [0.5, 0.6) is 0 Å². The summed E-state index contributed by atoms with van der Waals surface area (Å²) in [6, 6.07) is 3.31. The van der Waals surface area contributed by atoms with Crippen LogP contribution >= 0.6 is 23.2 Å². The zero-order valence-electron chi connectivity index (χ0n) is 8.51. The molecule has 0 fully saturated rings. The van der Waals surface area contributed by atoms with Gasteiger partial charge in [-0.2, -0.15) is 0 Å². The number of aromatic amines is 1. The molecule has 3 nitrogen and oxygen atoms in total. The van der Waals surface area contributed by atoms with Crippen LogP contribution in [0.4, 0.5) is 0 Å². The Hall–Kier alpha value is -1.19. The van der Waals surface area contributed by atoms with Crippen LogP contribution in [-0.4, -0.2) is 17.6 Å². The van der Waals surface area contributed by atoms with E-state index in [1.807, 2.05) is 0 Å². The minimum atomic E-state index is -0.391. The second-order valence-electron chi connectivity index (χ2n) is 3.23. The van der Waals surface area contributed by atoms with Crippen molar-refractivity contribution in [1.29, 1.82) is 0 Å². The van der Waals surface area contributed by atoms with Gasteiger partial charge in [0.25, 0.3) is 0 Å². The van der Waals surface area contributed by atoms with Gasteiger partial charge >= 0.3 is 5.97 Å². The summed E-state index contributed by atoms with van der Waals surface area (Å²) in [4.78, 5) is 14.6. The maximum Gasteiger partial charge on any atom is 0.340 e. The summed E-state index contributed by atoms with van der Waals surface area (Å²) in [6.45, 7) is 2.09. The SMILES string of the molecule is CCOC(=O)c1c[nH]c2cc(Cl)cc(Cl)c12. The van der Waals surface area contributed by atoms with Gasteiger partial charge in [-0.3, -0.25) is 0 Å². The van der Waals surface area contributed by atoms with Crippen molar-refractivity contribution in [3.63, 3.8) is 0 Å². The number of carbonyl (C=O) groups excluding carboxylic acids is 1. The third kappa shape index (κ3) is 1.88. The molecule has 0 aliphatic carbocycles. The fourth-order valence-corrected chi connectivity index (χ4v) is 2.15. The predicted molar refractivity (Wildman–Crippen MR) is 64.3 cm³/mol. The highest BCUT2D eigenvalue weighted by molar-refractivity contribution is 6.39. The maximum atomic E-state index is 11.6. The maximum absolute atomic E-state index is 11.6. The molecule has 84 valence electrons. The van der Waals surface area contributed by atoms with E-state index in [9.17, 15) is 4.79 Å². The molecule has 0 saturated heterocycles. The first-order valence-electron chi connectivity index (χ1n) is 4.76. The quantitative estimate of drug-likeness (QED) is 0.835. The van der Waals surface area contributed by atoms with E-state index in [0.29, 0.717) is 27.6 Å². The summed E-state index contributed by atoms with van der Waals surface area (Å²) in [5.74, 6) is -0.391. The Balaban J connectivity index is 2.60. The number of nitrogens with one attached hydrogen (secondary N) is 1. The molecule has 0 radical (unpaired) electrons. The molecule has 0 saturated carbocycles. The second kappa shape index (κ2) is 4.36. The van der Waals surface area contributed by atoms with E-state index in [-0.39, 0.29) is 0 Å². The number of carbonyl (C=O) groups is 1. The zero-order chi connectivity index (χ0) is 11.7. The highest BCUT2D eigenvalue weighted by Crippen LogP contribution is 2.30. The van der Waals surface area contributed by atoms with Gasteiger partial charge in [-0.1, -0.05) is 23.2 Å². The monoisotopic (exact) mass is 257 g/mol. The summed E-state index contributed by atoms with van der Waals surface area (Å²) >= 11 is 11.9. The molecule has 0 bridgehead atoms. The van der Waals surface area contributed by atoms with E-state index in [4.69, 9.17) is 27.9 Å². The Morgan fingerprint density at radius 1 is 1.44 bits per heavy atom. The van der Waals surface area contributed by atoms with Crippen molar-refractivity contribution >= 4 is 40.1 Å². The van der Waals surface area contributed by atoms with Gasteiger partial charge in [0.15, 0.2) is 0 Å². The van der Waals surface area contributed by atoms with E-state index in [0.717, 1.165) is 5.52 Å². The molecule has 1 heterocycles. The van der Waals surface area contributed by atoms with Crippen LogP contribution in [0.1, 0.15) is 17.3 Å². The molecule has 0 atom stereocenters. The largest absolute Gasteiger partial charge is 0.462 e. The smallest absolute Gasteiger partial charge is 0.340 e. The van der Waals surface area contributed by atoms with Crippen molar-refractivity contribution in [3.05, 3.63) is 33.9 Å². The van der Waals surface area contributed by atoms with Gasteiger partial charge in [-0.25, -0.2) is 4.79 Å². The number of benzene rings is 1. The van der Waals surface area contributed by atoms with E-state index in [2.05, 4.69) is 4.98 Å². The summed E-state index contributed by atoms with van der Waals surface area (Å²) in [5, 5.41) is 1.60. The van der Waals surface area contributed by atoms with Crippen LogP contribution in [0, 0.1) is 0 Å². The van der Waals surface area contributed by atoms with Crippen molar-refractivity contribution < 1.29 is 9.53 Å². The number of aromatic nitrogens is 1. The normalized spacial score (nSPS) is 10.7. The predicted octanol–water partition coefficient (Wildman–Crippen LogP) is 3.65. The Morgan fingerprint density at radius 2 is 2.19 bits per heavy atom. The van der Waals surface area contributed by atoms with Crippen molar-refractivity contribution in [2.75, 3.05) is 6.61 Å². The summed E-state index contributed by atoms with van der Waals surface area (Å²) in [7, 11) is 0. The summed E-state index contributed by atoms with van der Waals surface area (Å²) < 4.78 is 4.93. The Labute approximate surface area is 102 Å². The molecule has 1 N–H and O–H groups in total. The summed E-state index contributed by atoms with van der Waals surface area (Å²) in [5.41, 5.74) is 1.15. The molecular formula is C11H9Cl2NO2. The van der Waals surface area contributed by atoms with Crippen LogP contribution < -0.4 is 0 Å². The molecular weight excluding hydrogens is 249 g/mol. The molecule has 2 rings (SSSR count). The molecule has 0 aliphatic rings. The minimum Gasteiger partial charge on any atom is -0.462 e. The first-order valence-corrected chi connectivity index (χ1v) is 5.52. The third-order valence-corrected chi connectivity index (χ3v) is 2.71. The highest BCUT2D eigenvalue weighted by Gasteiger charge is 2.15. The molecule has 0 aliphatic heterocycles. The number of halogens is 2. The first-order chi connectivity index (χ1) is 7.63. The van der Waals surface area contributed by atoms with Gasteiger partial charge in [0, 0.05) is 22.1 Å². The third-order valence-electron chi connectivity index (χ3n) is 2.19. The minimum absolute atomic E-state index is 0.330. The lowest BCUT2D eigenvalue weighted by Gasteiger charge is -2.01. The first kappa shape index (κ1) is 11.3. The number of fused-ring (bicyclic) bond motifs is 1. The Bertz CT molecular complexity index is 548. The van der Waals surface area contributed by atoms with Crippen molar-refractivity contribution in [2.45, 2.75) is 6.92 Å². The topological polar surface area (TPSA) is 42.1 Å². The molecule has 1 aromatic carbocycles.